The Balaban J connectivity index is 1.56. The first-order chi connectivity index (χ1) is 12.6. The number of methoxy groups -OCH3 is 1. The van der Waals surface area contributed by atoms with Crippen LogP contribution in [0.15, 0.2) is 46.9 Å². The van der Waals surface area contributed by atoms with E-state index in [4.69, 9.17) is 32.4 Å². The molecule has 0 unspecified atom stereocenters. The van der Waals surface area contributed by atoms with Gasteiger partial charge in [-0.25, -0.2) is 0 Å². The summed E-state index contributed by atoms with van der Waals surface area (Å²) in [5, 5.41) is 11.5. The number of carbonyl (C=O) groups is 1. The van der Waals surface area contributed by atoms with Gasteiger partial charge in [-0.15, -0.1) is 10.2 Å². The minimum absolute atomic E-state index is 0.251. The molecule has 0 saturated heterocycles. The molecule has 0 aliphatic rings. The minimum atomic E-state index is -0.251. The highest BCUT2D eigenvalue weighted by Gasteiger charge is 2.11. The first-order valence-electron chi connectivity index (χ1n) is 7.77. The largest absolute Gasteiger partial charge is 0.497 e. The van der Waals surface area contributed by atoms with E-state index in [1.165, 1.54) is 6.07 Å². The number of amides is 1. The highest BCUT2D eigenvalue weighted by molar-refractivity contribution is 6.42. The van der Waals surface area contributed by atoms with Crippen molar-refractivity contribution in [3.05, 3.63) is 64.0 Å². The van der Waals surface area contributed by atoms with E-state index in [1.54, 1.807) is 19.2 Å². The van der Waals surface area contributed by atoms with Gasteiger partial charge in [0.05, 0.1) is 17.2 Å². The SMILES string of the molecule is COc1ccc(-c2nnc(CCNC(=O)c3ccc(Cl)c(Cl)c3)o2)cc1. The van der Waals surface area contributed by atoms with Crippen molar-refractivity contribution in [2.45, 2.75) is 6.42 Å². The van der Waals surface area contributed by atoms with Crippen LogP contribution in [0.4, 0.5) is 0 Å². The maximum absolute atomic E-state index is 12.1. The van der Waals surface area contributed by atoms with Crippen molar-refractivity contribution in [1.29, 1.82) is 0 Å². The molecule has 6 nitrogen and oxygen atoms in total. The van der Waals surface area contributed by atoms with Crippen LogP contribution in [-0.2, 0) is 6.42 Å². The van der Waals surface area contributed by atoms with E-state index < -0.39 is 0 Å². The van der Waals surface area contributed by atoms with E-state index in [-0.39, 0.29) is 5.91 Å². The van der Waals surface area contributed by atoms with Crippen molar-refractivity contribution < 1.29 is 13.9 Å². The molecular formula is C18H15Cl2N3O3. The van der Waals surface area contributed by atoms with Crippen molar-refractivity contribution in [2.24, 2.45) is 0 Å². The number of carbonyl (C=O) groups excluding carboxylic acids is 1. The molecule has 26 heavy (non-hydrogen) atoms. The maximum Gasteiger partial charge on any atom is 0.251 e. The fraction of sp³-hybridized carbons (Fsp3) is 0.167. The molecule has 1 amide bonds. The van der Waals surface area contributed by atoms with Crippen molar-refractivity contribution in [2.75, 3.05) is 13.7 Å². The molecule has 134 valence electrons. The van der Waals surface area contributed by atoms with Gasteiger partial charge in [0.25, 0.3) is 5.91 Å². The number of hydrogen-bond donors (Lipinski definition) is 1. The summed E-state index contributed by atoms with van der Waals surface area (Å²) in [6.45, 7) is 0.351. The summed E-state index contributed by atoms with van der Waals surface area (Å²) in [5.74, 6) is 1.35. The standard InChI is InChI=1S/C18H15Cl2N3O3/c1-25-13-5-2-11(3-6-13)18-23-22-16(26-18)8-9-21-17(24)12-4-7-14(19)15(20)10-12/h2-7,10H,8-9H2,1H3,(H,21,24). The number of rotatable bonds is 6. The molecule has 8 heteroatoms. The number of benzene rings is 2. The van der Waals surface area contributed by atoms with Crippen molar-refractivity contribution in [3.63, 3.8) is 0 Å². The summed E-state index contributed by atoms with van der Waals surface area (Å²) >= 11 is 11.8. The molecule has 0 radical (unpaired) electrons. The first kappa shape index (κ1) is 18.2. The summed E-state index contributed by atoms with van der Waals surface area (Å²) in [7, 11) is 1.60. The summed E-state index contributed by atoms with van der Waals surface area (Å²) in [6, 6.07) is 12.0. The molecule has 3 rings (SSSR count). The van der Waals surface area contributed by atoms with Crippen molar-refractivity contribution in [3.8, 4) is 17.2 Å². The van der Waals surface area contributed by atoms with Crippen molar-refractivity contribution >= 4 is 29.1 Å². The summed E-state index contributed by atoms with van der Waals surface area (Å²) in [4.78, 5) is 12.1. The molecule has 1 aromatic heterocycles. The Kier molecular flexibility index (Phi) is 5.75. The highest BCUT2D eigenvalue weighted by atomic mass is 35.5. The number of aromatic nitrogens is 2. The zero-order chi connectivity index (χ0) is 18.5. The summed E-state index contributed by atoms with van der Waals surface area (Å²) < 4.78 is 10.7. The normalized spacial score (nSPS) is 10.6. The third-order valence-corrected chi connectivity index (χ3v) is 4.35. The van der Waals surface area contributed by atoms with Crippen LogP contribution in [0, 0.1) is 0 Å². The monoisotopic (exact) mass is 391 g/mol. The molecule has 0 fully saturated rings. The van der Waals surface area contributed by atoms with Gasteiger partial charge >= 0.3 is 0 Å². The summed E-state index contributed by atoms with van der Waals surface area (Å²) in [5.41, 5.74) is 1.23. The fourth-order valence-corrected chi connectivity index (χ4v) is 2.53. The number of nitrogens with zero attached hydrogens (tertiary/aromatic N) is 2. The Hall–Kier alpha value is -2.57. The molecule has 3 aromatic rings. The lowest BCUT2D eigenvalue weighted by Gasteiger charge is -2.04. The average Bonchev–Trinajstić information content (AvgIpc) is 3.13. The smallest absolute Gasteiger partial charge is 0.251 e. The van der Waals surface area contributed by atoms with Gasteiger partial charge < -0.3 is 14.5 Å². The zero-order valence-corrected chi connectivity index (χ0v) is 15.3. The van der Waals surface area contributed by atoms with E-state index in [0.717, 1.165) is 11.3 Å². The van der Waals surface area contributed by atoms with E-state index >= 15 is 0 Å². The van der Waals surface area contributed by atoms with Gasteiger partial charge in [-0.05, 0) is 42.5 Å². The average molecular weight is 392 g/mol. The van der Waals surface area contributed by atoms with Crippen LogP contribution in [0.3, 0.4) is 0 Å². The second-order valence-electron chi connectivity index (χ2n) is 5.36. The summed E-state index contributed by atoms with van der Waals surface area (Å²) in [6.07, 6.45) is 0.413. The molecule has 0 bridgehead atoms. The van der Waals surface area contributed by atoms with E-state index in [0.29, 0.717) is 40.4 Å². The van der Waals surface area contributed by atoms with E-state index in [9.17, 15) is 4.79 Å². The fourth-order valence-electron chi connectivity index (χ4n) is 2.23. The lowest BCUT2D eigenvalue weighted by atomic mass is 10.2. The van der Waals surface area contributed by atoms with Gasteiger partial charge in [0.1, 0.15) is 5.75 Å². The van der Waals surface area contributed by atoms with Gasteiger partial charge in [0.2, 0.25) is 11.8 Å². The molecule has 0 aliphatic carbocycles. The van der Waals surface area contributed by atoms with Crippen LogP contribution in [0.5, 0.6) is 5.75 Å². The van der Waals surface area contributed by atoms with Crippen molar-refractivity contribution in [1.82, 2.24) is 15.5 Å². The second kappa shape index (κ2) is 8.21. The molecule has 0 atom stereocenters. The minimum Gasteiger partial charge on any atom is -0.497 e. The molecule has 2 aromatic carbocycles. The molecule has 0 spiro atoms. The lowest BCUT2D eigenvalue weighted by molar-refractivity contribution is 0.0953. The highest BCUT2D eigenvalue weighted by Crippen LogP contribution is 2.23. The third-order valence-electron chi connectivity index (χ3n) is 3.61. The van der Waals surface area contributed by atoms with Crippen LogP contribution in [0.25, 0.3) is 11.5 Å². The van der Waals surface area contributed by atoms with Crippen LogP contribution >= 0.6 is 23.2 Å². The van der Waals surface area contributed by atoms with E-state index in [1.807, 2.05) is 24.3 Å². The van der Waals surface area contributed by atoms with Crippen LogP contribution in [0.2, 0.25) is 10.0 Å². The molecule has 0 saturated carbocycles. The van der Waals surface area contributed by atoms with Crippen LogP contribution in [0.1, 0.15) is 16.2 Å². The van der Waals surface area contributed by atoms with Gasteiger partial charge in [0, 0.05) is 24.1 Å². The van der Waals surface area contributed by atoms with Gasteiger partial charge in [0.15, 0.2) is 0 Å². The Bertz CT molecular complexity index is 910. The van der Waals surface area contributed by atoms with Gasteiger partial charge in [-0.3, -0.25) is 4.79 Å². The predicted molar refractivity (Wildman–Crippen MR) is 98.8 cm³/mol. The third kappa shape index (κ3) is 4.33. The predicted octanol–water partition coefficient (Wildman–Crippen LogP) is 4.02. The molecular weight excluding hydrogens is 377 g/mol. The topological polar surface area (TPSA) is 77.3 Å². The first-order valence-corrected chi connectivity index (χ1v) is 8.52. The number of hydrogen-bond acceptors (Lipinski definition) is 5. The number of nitrogens with one attached hydrogen (secondary N) is 1. The Morgan fingerprint density at radius 2 is 1.88 bits per heavy atom. The Morgan fingerprint density at radius 1 is 1.12 bits per heavy atom. The number of halogens is 2. The number of ether oxygens (including phenoxy) is 1. The van der Waals surface area contributed by atoms with Gasteiger partial charge in [-0.1, -0.05) is 23.2 Å². The van der Waals surface area contributed by atoms with Gasteiger partial charge in [-0.2, -0.15) is 0 Å². The van der Waals surface area contributed by atoms with Crippen LogP contribution in [-0.4, -0.2) is 29.8 Å². The zero-order valence-electron chi connectivity index (χ0n) is 13.8. The van der Waals surface area contributed by atoms with Crippen LogP contribution < -0.4 is 10.1 Å². The Morgan fingerprint density at radius 3 is 2.58 bits per heavy atom. The Labute approximate surface area is 160 Å². The second-order valence-corrected chi connectivity index (χ2v) is 6.18. The molecule has 1 heterocycles. The van der Waals surface area contributed by atoms with E-state index in [2.05, 4.69) is 15.5 Å². The molecule has 1 N–H and O–H groups in total. The quantitative estimate of drug-likeness (QED) is 0.686. The molecule has 0 aliphatic heterocycles. The maximum atomic E-state index is 12.1. The lowest BCUT2D eigenvalue weighted by Crippen LogP contribution is -2.25.